The molecule has 0 N–H and O–H groups in total. The topological polar surface area (TPSA) is 52.6 Å². The molecule has 1 rings (SSSR count). The van der Waals surface area contributed by atoms with Crippen LogP contribution in [0.2, 0.25) is 0 Å². The smallest absolute Gasteiger partial charge is 0.456 e. The molecule has 1 aliphatic heterocycles. The van der Waals surface area contributed by atoms with Crippen molar-refractivity contribution >= 4 is 14.0 Å². The Balaban J connectivity index is 2.34. The molecule has 5 heteroatoms. The van der Waals surface area contributed by atoms with Gasteiger partial charge in [-0.1, -0.05) is 0 Å². The highest BCUT2D eigenvalue weighted by Crippen LogP contribution is 2.34. The number of ether oxygens (including phenoxy) is 1. The molecule has 0 aliphatic carbocycles. The van der Waals surface area contributed by atoms with E-state index >= 15 is 0 Å². The van der Waals surface area contributed by atoms with E-state index in [1.807, 2.05) is 0 Å². The monoisotopic (exact) mass is 163 g/mol. The average molecular weight is 163 g/mol. The molecule has 0 aromatic heterocycles. The number of rotatable bonds is 3. The van der Waals surface area contributed by atoms with Crippen LogP contribution in [0.1, 0.15) is 6.92 Å². The largest absolute Gasteiger partial charge is 0.527 e. The number of hydrogen-bond acceptors (Lipinski definition) is 4. The molecule has 0 spiro atoms. The Hall–Kier alpha value is -0.470. The molecule has 1 fully saturated rings. The van der Waals surface area contributed by atoms with E-state index in [0.29, 0.717) is 6.61 Å². The van der Waals surface area contributed by atoms with Crippen LogP contribution >= 0.6 is 8.03 Å². The number of carbonyl (C=O) groups is 1. The van der Waals surface area contributed by atoms with E-state index in [1.165, 1.54) is 0 Å². The second kappa shape index (κ2) is 3.08. The molecule has 0 radical (unpaired) electrons. The Morgan fingerprint density at radius 3 is 2.90 bits per heavy atom. The quantitative estimate of drug-likeness (QED) is 0.453. The third-order valence-electron chi connectivity index (χ3n) is 1.17. The first-order valence-corrected chi connectivity index (χ1v) is 4.26. The van der Waals surface area contributed by atoms with Crippen molar-refractivity contribution in [1.82, 2.24) is 0 Å². The van der Waals surface area contributed by atoms with Gasteiger partial charge in [-0.25, -0.2) is 4.79 Å². The lowest BCUT2D eigenvalue weighted by molar-refractivity contribution is -0.156. The maximum absolute atomic E-state index is 10.9. The summed E-state index contributed by atoms with van der Waals surface area (Å²) in [5.74, 6) is -0.408. The van der Waals surface area contributed by atoms with Gasteiger partial charge in [0.05, 0.1) is 6.61 Å². The lowest BCUT2D eigenvalue weighted by Crippen LogP contribution is -2.37. The minimum atomic E-state index is -1.82. The zero-order valence-corrected chi connectivity index (χ0v) is 6.47. The van der Waals surface area contributed by atoms with E-state index in [0.717, 1.165) is 0 Å². The normalized spacial score (nSPS) is 25.1. The minimum Gasteiger partial charge on any atom is -0.456 e. The summed E-state index contributed by atoms with van der Waals surface area (Å²) in [6, 6.07) is 0. The van der Waals surface area contributed by atoms with Gasteiger partial charge in [0.25, 0.3) is 0 Å². The number of esters is 1. The molecular formula is C5H8O4P+. The van der Waals surface area contributed by atoms with Gasteiger partial charge in [-0.15, -0.1) is 4.52 Å². The minimum absolute atomic E-state index is 0.244. The van der Waals surface area contributed by atoms with E-state index in [1.54, 1.807) is 6.92 Å². The molecule has 1 saturated heterocycles. The Kier molecular flexibility index (Phi) is 2.35. The summed E-state index contributed by atoms with van der Waals surface area (Å²) in [4.78, 5) is 10.5. The summed E-state index contributed by atoms with van der Waals surface area (Å²) in [7, 11) is -1.82. The van der Waals surface area contributed by atoms with E-state index in [2.05, 4.69) is 4.74 Å². The third kappa shape index (κ3) is 1.33. The van der Waals surface area contributed by atoms with Gasteiger partial charge in [-0.3, -0.25) is 0 Å². The van der Waals surface area contributed by atoms with Crippen LogP contribution in [0, 0.1) is 0 Å². The Morgan fingerprint density at radius 1 is 1.90 bits per heavy atom. The number of carbonyl (C=O) groups excluding carboxylic acids is 1. The van der Waals surface area contributed by atoms with Crippen molar-refractivity contribution in [3.8, 4) is 0 Å². The first-order chi connectivity index (χ1) is 4.75. The van der Waals surface area contributed by atoms with Crippen LogP contribution in [0.25, 0.3) is 0 Å². The van der Waals surface area contributed by atoms with Crippen molar-refractivity contribution in [2.24, 2.45) is 0 Å². The fourth-order valence-corrected chi connectivity index (χ4v) is 1.47. The number of hydrogen-bond donors (Lipinski definition) is 0. The second-order valence-corrected chi connectivity index (χ2v) is 3.30. The van der Waals surface area contributed by atoms with Crippen molar-refractivity contribution < 1.29 is 18.6 Å². The van der Waals surface area contributed by atoms with Crippen LogP contribution in [-0.4, -0.2) is 24.8 Å². The van der Waals surface area contributed by atoms with Gasteiger partial charge >= 0.3 is 19.7 Å². The van der Waals surface area contributed by atoms with Crippen LogP contribution in [0.3, 0.4) is 0 Å². The van der Waals surface area contributed by atoms with Crippen molar-refractivity contribution in [2.75, 3.05) is 13.2 Å². The maximum atomic E-state index is 10.9. The van der Waals surface area contributed by atoms with Gasteiger partial charge in [0.2, 0.25) is 0 Å². The lowest BCUT2D eigenvalue weighted by atomic mass is 10.4. The molecule has 0 amide bonds. The third-order valence-corrected chi connectivity index (χ3v) is 2.55. The standard InChI is InChI=1S/C5H8O4P/c1-2-9-10(7)4-3-8-5(4)6/h4H,2-3H2,1H3/q+1. The van der Waals surface area contributed by atoms with Gasteiger partial charge < -0.3 is 4.74 Å². The van der Waals surface area contributed by atoms with Crippen LogP contribution in [0.5, 0.6) is 0 Å². The number of cyclic esters (lactones) is 1. The van der Waals surface area contributed by atoms with Crippen molar-refractivity contribution in [3.05, 3.63) is 0 Å². The summed E-state index contributed by atoms with van der Waals surface area (Å²) in [6.45, 7) is 2.35. The molecular weight excluding hydrogens is 155 g/mol. The highest BCUT2D eigenvalue weighted by Gasteiger charge is 2.49. The van der Waals surface area contributed by atoms with Gasteiger partial charge in [0, 0.05) is 0 Å². The fourth-order valence-electron chi connectivity index (χ4n) is 0.590. The summed E-state index contributed by atoms with van der Waals surface area (Å²) < 4.78 is 20.0. The fraction of sp³-hybridized carbons (Fsp3) is 0.800. The molecule has 0 aromatic rings. The SMILES string of the molecule is CCO[P+](=O)C1COC1=O. The molecule has 0 bridgehead atoms. The average Bonchev–Trinajstić information content (AvgIpc) is 1.85. The maximum Gasteiger partial charge on any atom is 0.527 e. The van der Waals surface area contributed by atoms with Crippen molar-refractivity contribution in [1.29, 1.82) is 0 Å². The zero-order valence-electron chi connectivity index (χ0n) is 5.57. The lowest BCUT2D eigenvalue weighted by Gasteiger charge is -2.13. The zero-order chi connectivity index (χ0) is 7.56. The molecule has 2 atom stereocenters. The second-order valence-electron chi connectivity index (χ2n) is 1.85. The summed E-state index contributed by atoms with van der Waals surface area (Å²) >= 11 is 0. The van der Waals surface area contributed by atoms with Gasteiger partial charge in [-0.05, 0) is 11.5 Å². The van der Waals surface area contributed by atoms with Crippen LogP contribution in [0.4, 0.5) is 0 Å². The molecule has 0 aromatic carbocycles. The summed E-state index contributed by atoms with van der Waals surface area (Å²) in [5.41, 5.74) is -0.505. The highest BCUT2D eigenvalue weighted by molar-refractivity contribution is 7.41. The van der Waals surface area contributed by atoms with Gasteiger partial charge in [0.15, 0.2) is 6.61 Å². The Labute approximate surface area is 59.4 Å². The predicted octanol–water partition coefficient (Wildman–Crippen LogP) is 0.691. The first kappa shape index (κ1) is 7.63. The summed E-state index contributed by atoms with van der Waals surface area (Å²) in [6.07, 6.45) is 0. The molecule has 56 valence electrons. The molecule has 1 aliphatic rings. The summed E-state index contributed by atoms with van der Waals surface area (Å²) in [5, 5.41) is 0. The Bertz CT molecular complexity index is 167. The van der Waals surface area contributed by atoms with E-state index in [4.69, 9.17) is 4.52 Å². The molecule has 10 heavy (non-hydrogen) atoms. The van der Waals surface area contributed by atoms with E-state index in [-0.39, 0.29) is 6.61 Å². The molecule has 2 unspecified atom stereocenters. The van der Waals surface area contributed by atoms with E-state index < -0.39 is 19.7 Å². The van der Waals surface area contributed by atoms with Gasteiger partial charge in [-0.2, -0.15) is 0 Å². The van der Waals surface area contributed by atoms with Crippen molar-refractivity contribution in [3.63, 3.8) is 0 Å². The predicted molar refractivity (Wildman–Crippen MR) is 34.0 cm³/mol. The Morgan fingerprint density at radius 2 is 2.60 bits per heavy atom. The van der Waals surface area contributed by atoms with Crippen LogP contribution in [-0.2, 0) is 18.6 Å². The van der Waals surface area contributed by atoms with E-state index in [9.17, 15) is 9.36 Å². The van der Waals surface area contributed by atoms with Crippen LogP contribution < -0.4 is 0 Å². The first-order valence-electron chi connectivity index (χ1n) is 3.01. The van der Waals surface area contributed by atoms with Crippen LogP contribution in [0.15, 0.2) is 0 Å². The highest BCUT2D eigenvalue weighted by atomic mass is 31.1. The molecule has 4 nitrogen and oxygen atoms in total. The molecule has 1 heterocycles. The van der Waals surface area contributed by atoms with Gasteiger partial charge in [0.1, 0.15) is 0 Å². The molecule has 0 saturated carbocycles. The van der Waals surface area contributed by atoms with Crippen molar-refractivity contribution in [2.45, 2.75) is 12.6 Å².